The van der Waals surface area contributed by atoms with Crippen molar-refractivity contribution >= 4 is 0 Å². The van der Waals surface area contributed by atoms with Gasteiger partial charge >= 0.3 is 0 Å². The normalized spacial score (nSPS) is 26.5. The fourth-order valence-corrected chi connectivity index (χ4v) is 2.22. The number of aliphatic hydroxyl groups excluding tert-OH is 1. The number of aliphatic hydroxyl groups is 1. The lowest BCUT2D eigenvalue weighted by molar-refractivity contribution is 0.114. The number of aryl methyl sites for hydroxylation is 1. The molecule has 0 bridgehead atoms. The zero-order valence-electron chi connectivity index (χ0n) is 9.24. The van der Waals surface area contributed by atoms with Gasteiger partial charge in [-0.05, 0) is 37.8 Å². The highest BCUT2D eigenvalue weighted by Crippen LogP contribution is 2.17. The number of hydrogen-bond acceptors (Lipinski definition) is 2. The highest BCUT2D eigenvalue weighted by molar-refractivity contribution is 5.21. The Hall–Kier alpha value is -0.860. The third kappa shape index (κ3) is 3.05. The van der Waals surface area contributed by atoms with Gasteiger partial charge in [0.25, 0.3) is 0 Å². The molecule has 0 radical (unpaired) electrons. The zero-order valence-corrected chi connectivity index (χ0v) is 9.24. The van der Waals surface area contributed by atoms with Crippen LogP contribution in [0.2, 0.25) is 0 Å². The molecule has 1 aromatic rings. The zero-order chi connectivity index (χ0) is 10.7. The Bertz CT molecular complexity index is 307. The summed E-state index contributed by atoms with van der Waals surface area (Å²) in [5.41, 5.74) is 2.68. The van der Waals surface area contributed by atoms with Crippen molar-refractivity contribution in [2.24, 2.45) is 5.92 Å². The SMILES string of the molecule is Cc1ccc(CC2CNCC(O)C2)cc1. The first-order valence-corrected chi connectivity index (χ1v) is 5.68. The number of β-amino-alcohol motifs (C(OH)–C–C–N with tert-alkyl or cyclic N) is 1. The highest BCUT2D eigenvalue weighted by atomic mass is 16.3. The first-order chi connectivity index (χ1) is 7.24. The van der Waals surface area contributed by atoms with E-state index in [9.17, 15) is 5.11 Å². The average Bonchev–Trinajstić information content (AvgIpc) is 2.22. The van der Waals surface area contributed by atoms with Crippen LogP contribution in [0.1, 0.15) is 17.5 Å². The number of rotatable bonds is 2. The van der Waals surface area contributed by atoms with E-state index in [1.165, 1.54) is 11.1 Å². The molecule has 0 aliphatic carbocycles. The van der Waals surface area contributed by atoms with Crippen molar-refractivity contribution < 1.29 is 5.11 Å². The van der Waals surface area contributed by atoms with Crippen molar-refractivity contribution in [3.05, 3.63) is 35.4 Å². The molecule has 2 rings (SSSR count). The van der Waals surface area contributed by atoms with Crippen molar-refractivity contribution in [1.29, 1.82) is 0 Å². The summed E-state index contributed by atoms with van der Waals surface area (Å²) < 4.78 is 0. The van der Waals surface area contributed by atoms with Crippen LogP contribution in [0.3, 0.4) is 0 Å². The molecule has 0 spiro atoms. The van der Waals surface area contributed by atoms with Crippen LogP contribution in [-0.4, -0.2) is 24.3 Å². The van der Waals surface area contributed by atoms with Gasteiger partial charge in [-0.1, -0.05) is 29.8 Å². The van der Waals surface area contributed by atoms with Crippen LogP contribution >= 0.6 is 0 Å². The Kier molecular flexibility index (Phi) is 3.39. The Morgan fingerprint density at radius 1 is 1.27 bits per heavy atom. The number of nitrogens with one attached hydrogen (secondary N) is 1. The molecule has 2 nitrogen and oxygen atoms in total. The summed E-state index contributed by atoms with van der Waals surface area (Å²) >= 11 is 0. The minimum Gasteiger partial charge on any atom is -0.392 e. The lowest BCUT2D eigenvalue weighted by atomic mass is 9.91. The highest BCUT2D eigenvalue weighted by Gasteiger charge is 2.19. The molecule has 2 heteroatoms. The Labute approximate surface area is 91.3 Å². The maximum absolute atomic E-state index is 9.54. The van der Waals surface area contributed by atoms with E-state index in [2.05, 4.69) is 36.5 Å². The van der Waals surface area contributed by atoms with Gasteiger partial charge in [0.2, 0.25) is 0 Å². The maximum atomic E-state index is 9.54. The third-order valence-electron chi connectivity index (χ3n) is 3.06. The summed E-state index contributed by atoms with van der Waals surface area (Å²) in [7, 11) is 0. The van der Waals surface area contributed by atoms with Gasteiger partial charge in [0, 0.05) is 6.54 Å². The predicted molar refractivity (Wildman–Crippen MR) is 61.9 cm³/mol. The molecule has 0 aromatic heterocycles. The van der Waals surface area contributed by atoms with E-state index in [1.54, 1.807) is 0 Å². The molecule has 2 unspecified atom stereocenters. The van der Waals surface area contributed by atoms with Gasteiger partial charge in [0.1, 0.15) is 0 Å². The second-order valence-electron chi connectivity index (χ2n) is 4.60. The summed E-state index contributed by atoms with van der Waals surface area (Å²) in [5.74, 6) is 0.580. The molecule has 0 saturated carbocycles. The van der Waals surface area contributed by atoms with Crippen LogP contribution in [0.25, 0.3) is 0 Å². The van der Waals surface area contributed by atoms with Gasteiger partial charge in [-0.2, -0.15) is 0 Å². The quantitative estimate of drug-likeness (QED) is 0.767. The summed E-state index contributed by atoms with van der Waals surface area (Å²) in [6.45, 7) is 3.89. The smallest absolute Gasteiger partial charge is 0.0667 e. The van der Waals surface area contributed by atoms with E-state index >= 15 is 0 Å². The molecule has 1 aromatic carbocycles. The lowest BCUT2D eigenvalue weighted by Crippen LogP contribution is -2.40. The molecule has 1 saturated heterocycles. The van der Waals surface area contributed by atoms with Crippen LogP contribution in [0.5, 0.6) is 0 Å². The Balaban J connectivity index is 1.93. The molecule has 2 atom stereocenters. The van der Waals surface area contributed by atoms with Gasteiger partial charge in [-0.15, -0.1) is 0 Å². The van der Waals surface area contributed by atoms with Crippen LogP contribution in [0.4, 0.5) is 0 Å². The number of piperidine rings is 1. The number of hydrogen-bond donors (Lipinski definition) is 2. The Morgan fingerprint density at radius 2 is 2.00 bits per heavy atom. The molecule has 0 amide bonds. The van der Waals surface area contributed by atoms with Gasteiger partial charge in [0.15, 0.2) is 0 Å². The molecule has 1 fully saturated rings. The largest absolute Gasteiger partial charge is 0.392 e. The molecule has 1 heterocycles. The van der Waals surface area contributed by atoms with Crippen molar-refractivity contribution in [2.45, 2.75) is 25.9 Å². The minimum absolute atomic E-state index is 0.158. The van der Waals surface area contributed by atoms with E-state index in [0.717, 1.165) is 25.9 Å². The van der Waals surface area contributed by atoms with Crippen molar-refractivity contribution in [3.63, 3.8) is 0 Å². The first kappa shape index (κ1) is 10.7. The van der Waals surface area contributed by atoms with E-state index in [4.69, 9.17) is 0 Å². The summed E-state index contributed by atoms with van der Waals surface area (Å²) in [6.07, 6.45) is 1.85. The Morgan fingerprint density at radius 3 is 2.67 bits per heavy atom. The maximum Gasteiger partial charge on any atom is 0.0667 e. The topological polar surface area (TPSA) is 32.3 Å². The average molecular weight is 205 g/mol. The second kappa shape index (κ2) is 4.77. The fourth-order valence-electron chi connectivity index (χ4n) is 2.22. The first-order valence-electron chi connectivity index (χ1n) is 5.68. The van der Waals surface area contributed by atoms with E-state index < -0.39 is 0 Å². The van der Waals surface area contributed by atoms with Gasteiger partial charge in [-0.3, -0.25) is 0 Å². The van der Waals surface area contributed by atoms with Gasteiger partial charge in [-0.25, -0.2) is 0 Å². The standard InChI is InChI=1S/C13H19NO/c1-10-2-4-11(5-3-10)6-12-7-13(15)9-14-8-12/h2-5,12-15H,6-9H2,1H3. The molecular formula is C13H19NO. The molecule has 1 aliphatic rings. The molecule has 1 aliphatic heterocycles. The van der Waals surface area contributed by atoms with E-state index in [-0.39, 0.29) is 6.10 Å². The fraction of sp³-hybridized carbons (Fsp3) is 0.538. The van der Waals surface area contributed by atoms with Crippen LogP contribution in [0.15, 0.2) is 24.3 Å². The molecule has 15 heavy (non-hydrogen) atoms. The monoisotopic (exact) mass is 205 g/mol. The third-order valence-corrected chi connectivity index (χ3v) is 3.06. The number of benzene rings is 1. The van der Waals surface area contributed by atoms with E-state index in [0.29, 0.717) is 5.92 Å². The molecule has 82 valence electrons. The minimum atomic E-state index is -0.158. The molecule has 2 N–H and O–H groups in total. The van der Waals surface area contributed by atoms with Crippen molar-refractivity contribution in [2.75, 3.05) is 13.1 Å². The summed E-state index contributed by atoms with van der Waals surface area (Å²) in [5, 5.41) is 12.8. The summed E-state index contributed by atoms with van der Waals surface area (Å²) in [6, 6.07) is 8.69. The molecular weight excluding hydrogens is 186 g/mol. The van der Waals surface area contributed by atoms with E-state index in [1.807, 2.05) is 0 Å². The van der Waals surface area contributed by atoms with Gasteiger partial charge < -0.3 is 10.4 Å². The predicted octanol–water partition coefficient (Wildman–Crippen LogP) is 1.51. The van der Waals surface area contributed by atoms with Crippen molar-refractivity contribution in [1.82, 2.24) is 5.32 Å². The van der Waals surface area contributed by atoms with Crippen LogP contribution < -0.4 is 5.32 Å². The lowest BCUT2D eigenvalue weighted by Gasteiger charge is -2.26. The van der Waals surface area contributed by atoms with Crippen molar-refractivity contribution in [3.8, 4) is 0 Å². The summed E-state index contributed by atoms with van der Waals surface area (Å²) in [4.78, 5) is 0. The van der Waals surface area contributed by atoms with Gasteiger partial charge in [0.05, 0.1) is 6.10 Å². The van der Waals surface area contributed by atoms with Crippen LogP contribution in [-0.2, 0) is 6.42 Å². The van der Waals surface area contributed by atoms with Crippen LogP contribution in [0, 0.1) is 12.8 Å². The second-order valence-corrected chi connectivity index (χ2v) is 4.60.